The van der Waals surface area contributed by atoms with Crippen molar-refractivity contribution in [3.63, 3.8) is 0 Å². The Morgan fingerprint density at radius 1 is 1.47 bits per heavy atom. The molecule has 0 aliphatic carbocycles. The van der Waals surface area contributed by atoms with E-state index in [1.165, 1.54) is 6.21 Å². The second kappa shape index (κ2) is 5.10. The van der Waals surface area contributed by atoms with E-state index in [4.69, 9.17) is 5.41 Å². The van der Waals surface area contributed by atoms with E-state index >= 15 is 0 Å². The Balaban J connectivity index is 2.32. The van der Waals surface area contributed by atoms with Crippen LogP contribution in [0.3, 0.4) is 0 Å². The highest BCUT2D eigenvalue weighted by molar-refractivity contribution is 9.10. The minimum atomic E-state index is 0.555. The van der Waals surface area contributed by atoms with Crippen molar-refractivity contribution < 1.29 is 0 Å². The van der Waals surface area contributed by atoms with E-state index in [0.29, 0.717) is 12.2 Å². The number of nitrogens with one attached hydrogen (secondary N) is 2. The van der Waals surface area contributed by atoms with E-state index < -0.39 is 0 Å². The Hall–Kier alpha value is -1.68. The minimum absolute atomic E-state index is 0.555. The van der Waals surface area contributed by atoms with Gasteiger partial charge in [-0.1, -0.05) is 30.8 Å². The Morgan fingerprint density at radius 2 is 2.24 bits per heavy atom. The van der Waals surface area contributed by atoms with Crippen molar-refractivity contribution >= 4 is 32.9 Å². The Morgan fingerprint density at radius 3 is 3.00 bits per heavy atom. The van der Waals surface area contributed by atoms with Crippen LogP contribution in [0.15, 0.2) is 47.2 Å². The fourth-order valence-corrected chi connectivity index (χ4v) is 2.14. The van der Waals surface area contributed by atoms with Gasteiger partial charge in [0.15, 0.2) is 0 Å². The standard InChI is InChI=1S/C13H12BrN3/c1-9(6-15)16-8-12-13(14)11-5-3-2-4-10(11)7-17-12/h2-7,15-16H,1,8H2. The zero-order chi connectivity index (χ0) is 12.3. The smallest absolute Gasteiger partial charge is 0.0742 e. The molecule has 17 heavy (non-hydrogen) atoms. The number of benzene rings is 1. The quantitative estimate of drug-likeness (QED) is 0.849. The first-order valence-electron chi connectivity index (χ1n) is 5.17. The molecule has 0 spiro atoms. The highest BCUT2D eigenvalue weighted by Crippen LogP contribution is 2.25. The molecular weight excluding hydrogens is 278 g/mol. The van der Waals surface area contributed by atoms with Crippen molar-refractivity contribution in [2.75, 3.05) is 0 Å². The number of hydrogen-bond acceptors (Lipinski definition) is 3. The largest absolute Gasteiger partial charge is 0.379 e. The van der Waals surface area contributed by atoms with Gasteiger partial charge in [0.2, 0.25) is 0 Å². The summed E-state index contributed by atoms with van der Waals surface area (Å²) in [6, 6.07) is 8.07. The van der Waals surface area contributed by atoms with Crippen LogP contribution in [0.5, 0.6) is 0 Å². The second-order valence-electron chi connectivity index (χ2n) is 3.63. The van der Waals surface area contributed by atoms with Crippen molar-refractivity contribution in [1.82, 2.24) is 10.3 Å². The first-order chi connectivity index (χ1) is 8.22. The van der Waals surface area contributed by atoms with Crippen LogP contribution in [0, 0.1) is 5.41 Å². The summed E-state index contributed by atoms with van der Waals surface area (Å²) >= 11 is 3.56. The summed E-state index contributed by atoms with van der Waals surface area (Å²) in [5, 5.41) is 12.3. The van der Waals surface area contributed by atoms with Gasteiger partial charge in [-0.15, -0.1) is 0 Å². The number of allylic oxidation sites excluding steroid dienone is 1. The van der Waals surface area contributed by atoms with Crippen LogP contribution in [0.2, 0.25) is 0 Å². The summed E-state index contributed by atoms with van der Waals surface area (Å²) in [5.41, 5.74) is 1.48. The van der Waals surface area contributed by atoms with Gasteiger partial charge in [0.05, 0.1) is 12.2 Å². The molecule has 0 aliphatic rings. The fourth-order valence-electron chi connectivity index (χ4n) is 1.54. The van der Waals surface area contributed by atoms with Gasteiger partial charge in [0, 0.05) is 28.0 Å². The average Bonchev–Trinajstić information content (AvgIpc) is 2.38. The molecule has 0 saturated carbocycles. The third-order valence-electron chi connectivity index (χ3n) is 2.47. The summed E-state index contributed by atoms with van der Waals surface area (Å²) in [4.78, 5) is 4.39. The molecule has 3 nitrogen and oxygen atoms in total. The van der Waals surface area contributed by atoms with Gasteiger partial charge < -0.3 is 10.7 Å². The molecule has 0 atom stereocenters. The van der Waals surface area contributed by atoms with Crippen LogP contribution in [-0.2, 0) is 6.54 Å². The number of nitrogens with zero attached hydrogens (tertiary/aromatic N) is 1. The van der Waals surface area contributed by atoms with Crippen molar-refractivity contribution in [1.29, 1.82) is 5.41 Å². The van der Waals surface area contributed by atoms with Gasteiger partial charge in [-0.3, -0.25) is 4.98 Å². The predicted octanol–water partition coefficient (Wildman–Crippen LogP) is 3.25. The van der Waals surface area contributed by atoms with E-state index in [1.807, 2.05) is 24.4 Å². The molecule has 1 aromatic carbocycles. The van der Waals surface area contributed by atoms with E-state index in [9.17, 15) is 0 Å². The van der Waals surface area contributed by atoms with E-state index in [-0.39, 0.29) is 0 Å². The summed E-state index contributed by atoms with van der Waals surface area (Å²) in [5.74, 6) is 0. The predicted molar refractivity (Wildman–Crippen MR) is 74.2 cm³/mol. The lowest BCUT2D eigenvalue weighted by Crippen LogP contribution is -2.13. The molecule has 86 valence electrons. The molecular formula is C13H12BrN3. The average molecular weight is 290 g/mol. The molecule has 2 N–H and O–H groups in total. The van der Waals surface area contributed by atoms with Crippen LogP contribution < -0.4 is 5.32 Å². The lowest BCUT2D eigenvalue weighted by atomic mass is 10.1. The molecule has 0 fully saturated rings. The van der Waals surface area contributed by atoms with Gasteiger partial charge in [-0.2, -0.15) is 0 Å². The lowest BCUT2D eigenvalue weighted by molar-refractivity contribution is 0.817. The van der Waals surface area contributed by atoms with Crippen LogP contribution in [0.25, 0.3) is 10.8 Å². The minimum Gasteiger partial charge on any atom is -0.379 e. The van der Waals surface area contributed by atoms with Gasteiger partial charge in [0.25, 0.3) is 0 Å². The van der Waals surface area contributed by atoms with Crippen LogP contribution in [0.4, 0.5) is 0 Å². The summed E-state index contributed by atoms with van der Waals surface area (Å²) < 4.78 is 0.987. The molecule has 0 radical (unpaired) electrons. The first-order valence-corrected chi connectivity index (χ1v) is 5.97. The highest BCUT2D eigenvalue weighted by Gasteiger charge is 2.05. The molecule has 0 unspecified atom stereocenters. The topological polar surface area (TPSA) is 48.8 Å². The van der Waals surface area contributed by atoms with E-state index in [0.717, 1.165) is 20.9 Å². The van der Waals surface area contributed by atoms with Crippen molar-refractivity contribution in [2.24, 2.45) is 0 Å². The van der Waals surface area contributed by atoms with Crippen molar-refractivity contribution in [3.8, 4) is 0 Å². The van der Waals surface area contributed by atoms with Crippen LogP contribution in [0.1, 0.15) is 5.69 Å². The second-order valence-corrected chi connectivity index (χ2v) is 4.42. The SMILES string of the molecule is C=C(C=N)NCc1ncc2ccccc2c1Br. The van der Waals surface area contributed by atoms with E-state index in [1.54, 1.807) is 0 Å². The van der Waals surface area contributed by atoms with Gasteiger partial charge in [-0.25, -0.2) is 0 Å². The first kappa shape index (κ1) is 11.8. The molecule has 0 bridgehead atoms. The zero-order valence-corrected chi connectivity index (χ0v) is 10.8. The normalized spacial score (nSPS) is 10.2. The number of fused-ring (bicyclic) bond motifs is 1. The third-order valence-corrected chi connectivity index (χ3v) is 3.35. The Bertz CT molecular complexity index is 578. The molecule has 0 aliphatic heterocycles. The summed E-state index contributed by atoms with van der Waals surface area (Å²) in [6.45, 7) is 4.24. The van der Waals surface area contributed by atoms with E-state index in [2.05, 4.69) is 38.9 Å². The molecule has 1 heterocycles. The van der Waals surface area contributed by atoms with Crippen molar-refractivity contribution in [2.45, 2.75) is 6.54 Å². The Labute approximate surface area is 108 Å². The van der Waals surface area contributed by atoms with Crippen LogP contribution in [-0.4, -0.2) is 11.2 Å². The fraction of sp³-hybridized carbons (Fsp3) is 0.0769. The monoisotopic (exact) mass is 289 g/mol. The molecule has 1 aromatic heterocycles. The van der Waals surface area contributed by atoms with Crippen molar-refractivity contribution in [3.05, 3.63) is 52.9 Å². The third kappa shape index (κ3) is 2.53. The van der Waals surface area contributed by atoms with Gasteiger partial charge in [0.1, 0.15) is 0 Å². The number of hydrogen-bond donors (Lipinski definition) is 2. The number of halogens is 1. The maximum Gasteiger partial charge on any atom is 0.0742 e. The van der Waals surface area contributed by atoms with Gasteiger partial charge in [-0.05, 0) is 21.3 Å². The lowest BCUT2D eigenvalue weighted by Gasteiger charge is -2.08. The molecule has 0 saturated heterocycles. The number of rotatable bonds is 4. The summed E-state index contributed by atoms with van der Waals surface area (Å²) in [6.07, 6.45) is 3.04. The Kier molecular flexibility index (Phi) is 3.54. The number of aromatic nitrogens is 1. The molecule has 4 heteroatoms. The molecule has 2 rings (SSSR count). The summed E-state index contributed by atoms with van der Waals surface area (Å²) in [7, 11) is 0. The zero-order valence-electron chi connectivity index (χ0n) is 9.20. The maximum absolute atomic E-state index is 7.04. The highest BCUT2D eigenvalue weighted by atomic mass is 79.9. The molecule has 2 aromatic rings. The molecule has 0 amide bonds. The number of pyridine rings is 1. The maximum atomic E-state index is 7.04. The van der Waals surface area contributed by atoms with Gasteiger partial charge >= 0.3 is 0 Å². The van der Waals surface area contributed by atoms with Crippen LogP contribution >= 0.6 is 15.9 Å².